The molecule has 1 aliphatic carbocycles. The van der Waals surface area contributed by atoms with Gasteiger partial charge in [-0.05, 0) is 50.7 Å². The maximum Gasteiger partial charge on any atom is 0.279 e. The minimum atomic E-state index is -0.248. The molecule has 5 nitrogen and oxygen atoms in total. The Morgan fingerprint density at radius 3 is 2.38 bits per heavy atom. The molecule has 0 heterocycles. The van der Waals surface area contributed by atoms with Crippen molar-refractivity contribution >= 4 is 17.5 Å². The SMILES string of the molecule is Cc1cccc(C)c1NC(=O)C[NH+](C)[C@H](C)C(=O)NCC1CCCCC1. The van der Waals surface area contributed by atoms with Crippen molar-refractivity contribution in [2.75, 3.05) is 25.5 Å². The number of hydrogen-bond acceptors (Lipinski definition) is 2. The van der Waals surface area contributed by atoms with Crippen LogP contribution in [-0.2, 0) is 9.59 Å². The van der Waals surface area contributed by atoms with Gasteiger partial charge in [-0.1, -0.05) is 37.5 Å². The largest absolute Gasteiger partial charge is 0.351 e. The Morgan fingerprint density at radius 2 is 1.77 bits per heavy atom. The van der Waals surface area contributed by atoms with E-state index < -0.39 is 0 Å². The van der Waals surface area contributed by atoms with Crippen LogP contribution in [0.25, 0.3) is 0 Å². The van der Waals surface area contributed by atoms with Crippen molar-refractivity contribution in [3.63, 3.8) is 0 Å². The Morgan fingerprint density at radius 1 is 1.15 bits per heavy atom. The van der Waals surface area contributed by atoms with Crippen molar-refractivity contribution in [2.24, 2.45) is 5.92 Å². The second kappa shape index (κ2) is 9.72. The van der Waals surface area contributed by atoms with Gasteiger partial charge in [0.2, 0.25) is 0 Å². The summed E-state index contributed by atoms with van der Waals surface area (Å²) >= 11 is 0. The third kappa shape index (κ3) is 5.84. The van der Waals surface area contributed by atoms with Gasteiger partial charge in [0.25, 0.3) is 11.8 Å². The van der Waals surface area contributed by atoms with E-state index in [0.29, 0.717) is 5.92 Å². The molecule has 1 saturated carbocycles. The molecule has 0 aliphatic heterocycles. The number of rotatable bonds is 7. The summed E-state index contributed by atoms with van der Waals surface area (Å²) in [6.07, 6.45) is 6.31. The van der Waals surface area contributed by atoms with Crippen molar-refractivity contribution in [1.29, 1.82) is 0 Å². The number of carbonyl (C=O) groups excluding carboxylic acids is 2. The maximum absolute atomic E-state index is 12.4. The van der Waals surface area contributed by atoms with E-state index in [2.05, 4.69) is 10.6 Å². The van der Waals surface area contributed by atoms with Gasteiger partial charge >= 0.3 is 0 Å². The first-order valence-corrected chi connectivity index (χ1v) is 9.84. The van der Waals surface area contributed by atoms with Crippen molar-refractivity contribution in [3.8, 4) is 0 Å². The zero-order valence-corrected chi connectivity index (χ0v) is 16.7. The lowest BCUT2D eigenvalue weighted by atomic mass is 9.89. The molecule has 1 unspecified atom stereocenters. The first-order chi connectivity index (χ1) is 12.4. The lowest BCUT2D eigenvalue weighted by molar-refractivity contribution is -0.885. The average molecular weight is 361 g/mol. The van der Waals surface area contributed by atoms with E-state index in [9.17, 15) is 9.59 Å². The lowest BCUT2D eigenvalue weighted by Gasteiger charge is -2.24. The van der Waals surface area contributed by atoms with Gasteiger partial charge in [-0.3, -0.25) is 9.59 Å². The summed E-state index contributed by atoms with van der Waals surface area (Å²) in [5, 5.41) is 6.08. The van der Waals surface area contributed by atoms with Crippen LogP contribution in [0.1, 0.15) is 50.2 Å². The minimum Gasteiger partial charge on any atom is -0.351 e. The van der Waals surface area contributed by atoms with E-state index in [0.717, 1.165) is 28.3 Å². The normalized spacial score (nSPS) is 17.4. The van der Waals surface area contributed by atoms with Gasteiger partial charge in [-0.2, -0.15) is 0 Å². The van der Waals surface area contributed by atoms with Gasteiger partial charge in [-0.25, -0.2) is 0 Å². The first-order valence-electron chi connectivity index (χ1n) is 9.84. The monoisotopic (exact) mass is 360 g/mol. The van der Waals surface area contributed by atoms with Crippen LogP contribution >= 0.6 is 0 Å². The maximum atomic E-state index is 12.4. The Hall–Kier alpha value is -1.88. The molecule has 1 aromatic rings. The smallest absolute Gasteiger partial charge is 0.279 e. The molecular weight excluding hydrogens is 326 g/mol. The second-order valence-electron chi connectivity index (χ2n) is 7.81. The number of quaternary nitrogens is 1. The molecule has 1 aliphatic rings. The van der Waals surface area contributed by atoms with E-state index in [-0.39, 0.29) is 24.4 Å². The number of nitrogens with one attached hydrogen (secondary N) is 3. The van der Waals surface area contributed by atoms with E-state index in [1.807, 2.05) is 46.0 Å². The molecule has 0 aromatic heterocycles. The van der Waals surface area contributed by atoms with Crippen LogP contribution in [0.2, 0.25) is 0 Å². The summed E-state index contributed by atoms with van der Waals surface area (Å²) in [6.45, 7) is 6.90. The predicted molar refractivity (Wildman–Crippen MR) is 105 cm³/mol. The molecule has 5 heteroatoms. The summed E-state index contributed by atoms with van der Waals surface area (Å²) in [7, 11) is 1.90. The number of para-hydroxylation sites is 1. The quantitative estimate of drug-likeness (QED) is 0.695. The summed E-state index contributed by atoms with van der Waals surface area (Å²) in [5.41, 5.74) is 2.98. The third-order valence-corrected chi connectivity index (χ3v) is 5.61. The van der Waals surface area contributed by atoms with Crippen LogP contribution in [0.5, 0.6) is 0 Å². The molecule has 144 valence electrons. The van der Waals surface area contributed by atoms with Gasteiger partial charge in [0.05, 0.1) is 7.05 Å². The summed E-state index contributed by atoms with van der Waals surface area (Å²) in [5.74, 6) is 0.590. The number of likely N-dealkylation sites (N-methyl/N-ethyl adjacent to an activating group) is 1. The minimum absolute atomic E-state index is 0.0351. The van der Waals surface area contributed by atoms with Crippen molar-refractivity contribution in [1.82, 2.24) is 5.32 Å². The Labute approximate surface area is 157 Å². The zero-order valence-electron chi connectivity index (χ0n) is 16.7. The van der Waals surface area contributed by atoms with Gasteiger partial charge in [0, 0.05) is 12.2 Å². The fourth-order valence-corrected chi connectivity index (χ4v) is 3.61. The Balaban J connectivity index is 1.80. The molecule has 1 aromatic carbocycles. The summed E-state index contributed by atoms with van der Waals surface area (Å²) in [6, 6.07) is 5.71. The van der Waals surface area contributed by atoms with Crippen molar-refractivity contribution < 1.29 is 14.5 Å². The van der Waals surface area contributed by atoms with Crippen LogP contribution < -0.4 is 15.5 Å². The van der Waals surface area contributed by atoms with E-state index >= 15 is 0 Å². The number of amides is 2. The lowest BCUT2D eigenvalue weighted by Crippen LogP contribution is -3.15. The second-order valence-corrected chi connectivity index (χ2v) is 7.81. The van der Waals surface area contributed by atoms with Crippen LogP contribution in [-0.4, -0.2) is 38.0 Å². The standard InChI is InChI=1S/C21H33N3O2/c1-15-9-8-10-16(2)20(15)23-19(25)14-24(4)17(3)21(26)22-13-18-11-6-5-7-12-18/h8-10,17-18H,5-7,11-14H2,1-4H3,(H,22,26)(H,23,25)/p+1/t17-/m1/s1. The molecule has 2 atom stereocenters. The van der Waals surface area contributed by atoms with Crippen LogP contribution in [0.15, 0.2) is 18.2 Å². The zero-order chi connectivity index (χ0) is 19.1. The summed E-state index contributed by atoms with van der Waals surface area (Å²) < 4.78 is 0. The Kier molecular flexibility index (Phi) is 7.64. The number of carbonyl (C=O) groups is 2. The highest BCUT2D eigenvalue weighted by molar-refractivity contribution is 5.93. The predicted octanol–water partition coefficient (Wildman–Crippen LogP) is 1.84. The van der Waals surface area contributed by atoms with Crippen LogP contribution in [0.3, 0.4) is 0 Å². The molecule has 0 bridgehead atoms. The van der Waals surface area contributed by atoms with Gasteiger partial charge in [0.15, 0.2) is 12.6 Å². The number of anilines is 1. The van der Waals surface area contributed by atoms with Crippen molar-refractivity contribution in [3.05, 3.63) is 29.3 Å². The van der Waals surface area contributed by atoms with Gasteiger partial charge in [-0.15, -0.1) is 0 Å². The fraction of sp³-hybridized carbons (Fsp3) is 0.619. The molecule has 3 N–H and O–H groups in total. The molecule has 2 rings (SSSR count). The molecule has 1 fully saturated rings. The van der Waals surface area contributed by atoms with Gasteiger partial charge < -0.3 is 15.5 Å². The highest BCUT2D eigenvalue weighted by atomic mass is 16.2. The molecular formula is C21H34N3O2+. The topological polar surface area (TPSA) is 62.6 Å². The number of hydrogen-bond donors (Lipinski definition) is 3. The Bertz CT molecular complexity index is 603. The third-order valence-electron chi connectivity index (χ3n) is 5.61. The highest BCUT2D eigenvalue weighted by Gasteiger charge is 2.25. The number of aryl methyl sites for hydroxylation is 2. The van der Waals surface area contributed by atoms with Crippen molar-refractivity contribution in [2.45, 2.75) is 58.9 Å². The van der Waals surface area contributed by atoms with E-state index in [4.69, 9.17) is 0 Å². The van der Waals surface area contributed by atoms with E-state index in [1.54, 1.807) is 0 Å². The molecule has 0 radical (unpaired) electrons. The van der Waals surface area contributed by atoms with Crippen LogP contribution in [0.4, 0.5) is 5.69 Å². The molecule has 2 amide bonds. The first kappa shape index (κ1) is 20.4. The van der Waals surface area contributed by atoms with Crippen LogP contribution in [0, 0.1) is 19.8 Å². The molecule has 26 heavy (non-hydrogen) atoms. The van der Waals surface area contributed by atoms with E-state index in [1.165, 1.54) is 32.1 Å². The highest BCUT2D eigenvalue weighted by Crippen LogP contribution is 2.22. The summed E-state index contributed by atoms with van der Waals surface area (Å²) in [4.78, 5) is 25.7. The average Bonchev–Trinajstić information content (AvgIpc) is 2.63. The molecule has 0 spiro atoms. The van der Waals surface area contributed by atoms with Gasteiger partial charge in [0.1, 0.15) is 0 Å². The molecule has 0 saturated heterocycles. The number of benzene rings is 1. The fourth-order valence-electron chi connectivity index (χ4n) is 3.61.